The zero-order valence-electron chi connectivity index (χ0n) is 10.7. The molecule has 0 aliphatic carbocycles. The van der Waals surface area contributed by atoms with Crippen molar-refractivity contribution < 1.29 is 22.9 Å². The van der Waals surface area contributed by atoms with E-state index in [0.717, 1.165) is 6.29 Å². The first-order valence-corrected chi connectivity index (χ1v) is 7.15. The Morgan fingerprint density at radius 1 is 1.22 bits per heavy atom. The summed E-state index contributed by atoms with van der Waals surface area (Å²) in [6.45, 7) is 5.62. The summed E-state index contributed by atoms with van der Waals surface area (Å²) >= 11 is 0. The molecule has 0 spiro atoms. The molecule has 0 heterocycles. The number of hydrogen-bond acceptors (Lipinski definition) is 5. The Balaban J connectivity index is 2.93. The first-order chi connectivity index (χ1) is 8.54. The lowest BCUT2D eigenvalue weighted by Crippen LogP contribution is -2.03. The zero-order chi connectivity index (χ0) is 13.6. The van der Waals surface area contributed by atoms with E-state index in [-0.39, 0.29) is 13.2 Å². The third-order valence-corrected chi connectivity index (χ3v) is 3.69. The normalized spacial score (nSPS) is 11.3. The van der Waals surface area contributed by atoms with Gasteiger partial charge in [0, 0.05) is 5.56 Å². The molecule has 0 aliphatic heterocycles. The van der Waals surface area contributed by atoms with E-state index in [9.17, 15) is 9.36 Å². The Bertz CT molecular complexity index is 448. The van der Waals surface area contributed by atoms with E-state index in [4.69, 9.17) is 13.6 Å². The van der Waals surface area contributed by atoms with Crippen molar-refractivity contribution in [3.8, 4) is 5.75 Å². The van der Waals surface area contributed by atoms with Gasteiger partial charge >= 0.3 is 7.82 Å². The van der Waals surface area contributed by atoms with E-state index in [1.807, 2.05) is 0 Å². The van der Waals surface area contributed by atoms with E-state index in [2.05, 4.69) is 0 Å². The first kappa shape index (κ1) is 14.9. The van der Waals surface area contributed by atoms with Gasteiger partial charge in [0.25, 0.3) is 0 Å². The minimum atomic E-state index is -3.58. The number of aldehydes is 1. The second kappa shape index (κ2) is 6.69. The van der Waals surface area contributed by atoms with Crippen LogP contribution in [0.4, 0.5) is 0 Å². The molecule has 0 amide bonds. The van der Waals surface area contributed by atoms with Crippen LogP contribution >= 0.6 is 7.82 Å². The average Bonchev–Trinajstić information content (AvgIpc) is 2.32. The molecule has 0 saturated heterocycles. The largest absolute Gasteiger partial charge is 0.530 e. The molecule has 0 aliphatic rings. The van der Waals surface area contributed by atoms with Crippen molar-refractivity contribution in [3.05, 3.63) is 29.3 Å². The predicted octanol–water partition coefficient (Wildman–Crippen LogP) is 3.37. The molecule has 6 heteroatoms. The molecule has 1 aromatic carbocycles. The fourth-order valence-electron chi connectivity index (χ4n) is 1.37. The molecule has 0 aromatic heterocycles. The topological polar surface area (TPSA) is 61.8 Å². The Morgan fingerprint density at radius 3 is 2.28 bits per heavy atom. The molecule has 100 valence electrons. The third-order valence-electron chi connectivity index (χ3n) is 2.12. The number of aryl methyl sites for hydroxylation is 1. The quantitative estimate of drug-likeness (QED) is 0.562. The fourth-order valence-corrected chi connectivity index (χ4v) is 2.63. The van der Waals surface area contributed by atoms with Crippen LogP contribution in [0.5, 0.6) is 5.75 Å². The van der Waals surface area contributed by atoms with Crippen molar-refractivity contribution in [1.29, 1.82) is 0 Å². The Hall–Kier alpha value is -1.16. The standard InChI is InChI=1S/C12H17O5P/c1-4-15-18(14,16-5-2)17-12-7-6-11(9-13)8-10(12)3/h6-9H,4-5H2,1-3H3. The molecule has 0 fully saturated rings. The molecule has 5 nitrogen and oxygen atoms in total. The van der Waals surface area contributed by atoms with Crippen LogP contribution in [0.25, 0.3) is 0 Å². The highest BCUT2D eigenvalue weighted by atomic mass is 31.2. The minimum absolute atomic E-state index is 0.225. The molecular weight excluding hydrogens is 255 g/mol. The van der Waals surface area contributed by atoms with Gasteiger partial charge in [-0.1, -0.05) is 0 Å². The van der Waals surface area contributed by atoms with Gasteiger partial charge in [-0.25, -0.2) is 4.57 Å². The maximum atomic E-state index is 12.2. The molecule has 0 atom stereocenters. The number of rotatable bonds is 7. The van der Waals surface area contributed by atoms with Crippen LogP contribution in [0.2, 0.25) is 0 Å². The monoisotopic (exact) mass is 272 g/mol. The van der Waals surface area contributed by atoms with Gasteiger partial charge in [-0.05, 0) is 44.5 Å². The Labute approximate surface area is 107 Å². The summed E-state index contributed by atoms with van der Waals surface area (Å²) < 4.78 is 27.5. The highest BCUT2D eigenvalue weighted by molar-refractivity contribution is 7.48. The van der Waals surface area contributed by atoms with Gasteiger partial charge < -0.3 is 4.52 Å². The van der Waals surface area contributed by atoms with E-state index in [0.29, 0.717) is 16.9 Å². The first-order valence-electron chi connectivity index (χ1n) is 5.69. The van der Waals surface area contributed by atoms with Crippen LogP contribution in [0.1, 0.15) is 29.8 Å². The molecule has 0 bridgehead atoms. The van der Waals surface area contributed by atoms with E-state index in [1.54, 1.807) is 39.0 Å². The Kier molecular flexibility index (Phi) is 5.54. The smallest absolute Gasteiger partial charge is 0.404 e. The van der Waals surface area contributed by atoms with Crippen LogP contribution in [0, 0.1) is 6.92 Å². The second-order valence-corrected chi connectivity index (χ2v) is 5.11. The molecule has 1 rings (SSSR count). The van der Waals surface area contributed by atoms with Crippen molar-refractivity contribution in [2.24, 2.45) is 0 Å². The zero-order valence-corrected chi connectivity index (χ0v) is 11.6. The summed E-state index contributed by atoms with van der Waals surface area (Å²) in [6, 6.07) is 4.80. The third kappa shape index (κ3) is 3.95. The predicted molar refractivity (Wildman–Crippen MR) is 68.1 cm³/mol. The lowest BCUT2D eigenvalue weighted by atomic mass is 10.1. The molecule has 0 radical (unpaired) electrons. The summed E-state index contributed by atoms with van der Waals surface area (Å²) in [6.07, 6.45) is 0.738. The van der Waals surface area contributed by atoms with Gasteiger partial charge in [0.1, 0.15) is 12.0 Å². The number of phosphoric acid groups is 1. The molecule has 0 saturated carbocycles. The van der Waals surface area contributed by atoms with Crippen LogP contribution in [0.3, 0.4) is 0 Å². The minimum Gasteiger partial charge on any atom is -0.404 e. The maximum Gasteiger partial charge on any atom is 0.530 e. The summed E-state index contributed by atoms with van der Waals surface area (Å²) in [5, 5.41) is 0. The highest BCUT2D eigenvalue weighted by Gasteiger charge is 2.27. The molecule has 0 unspecified atom stereocenters. The Morgan fingerprint density at radius 2 is 1.83 bits per heavy atom. The van der Waals surface area contributed by atoms with Crippen molar-refractivity contribution in [2.45, 2.75) is 20.8 Å². The lowest BCUT2D eigenvalue weighted by Gasteiger charge is -2.18. The van der Waals surface area contributed by atoms with Crippen molar-refractivity contribution in [2.75, 3.05) is 13.2 Å². The van der Waals surface area contributed by atoms with E-state index < -0.39 is 7.82 Å². The van der Waals surface area contributed by atoms with Crippen LogP contribution < -0.4 is 4.52 Å². The van der Waals surface area contributed by atoms with E-state index in [1.165, 1.54) is 0 Å². The van der Waals surface area contributed by atoms with Crippen LogP contribution in [-0.2, 0) is 13.6 Å². The number of carbonyl (C=O) groups excluding carboxylic acids is 1. The van der Waals surface area contributed by atoms with E-state index >= 15 is 0 Å². The fraction of sp³-hybridized carbons (Fsp3) is 0.417. The number of carbonyl (C=O) groups is 1. The molecule has 0 N–H and O–H groups in total. The lowest BCUT2D eigenvalue weighted by molar-refractivity contribution is 0.112. The van der Waals surface area contributed by atoms with Gasteiger partial charge in [0.15, 0.2) is 0 Å². The van der Waals surface area contributed by atoms with Crippen LogP contribution in [-0.4, -0.2) is 19.5 Å². The summed E-state index contributed by atoms with van der Waals surface area (Å²) in [4.78, 5) is 10.6. The summed E-state index contributed by atoms with van der Waals surface area (Å²) in [7, 11) is -3.58. The number of benzene rings is 1. The molecule has 18 heavy (non-hydrogen) atoms. The van der Waals surface area contributed by atoms with Crippen molar-refractivity contribution >= 4 is 14.1 Å². The summed E-state index contributed by atoms with van der Waals surface area (Å²) in [5.41, 5.74) is 1.22. The van der Waals surface area contributed by atoms with Gasteiger partial charge in [-0.3, -0.25) is 13.8 Å². The van der Waals surface area contributed by atoms with Gasteiger partial charge in [-0.2, -0.15) is 0 Å². The molecular formula is C12H17O5P. The average molecular weight is 272 g/mol. The van der Waals surface area contributed by atoms with Crippen molar-refractivity contribution in [1.82, 2.24) is 0 Å². The van der Waals surface area contributed by atoms with Gasteiger partial charge in [-0.15, -0.1) is 0 Å². The summed E-state index contributed by atoms with van der Waals surface area (Å²) in [5.74, 6) is 0.380. The van der Waals surface area contributed by atoms with Gasteiger partial charge in [0.2, 0.25) is 0 Å². The second-order valence-electron chi connectivity index (χ2n) is 3.52. The number of hydrogen-bond donors (Lipinski definition) is 0. The number of phosphoric ester groups is 1. The highest BCUT2D eigenvalue weighted by Crippen LogP contribution is 2.49. The van der Waals surface area contributed by atoms with Crippen molar-refractivity contribution in [3.63, 3.8) is 0 Å². The molecule has 1 aromatic rings. The SMILES string of the molecule is CCOP(=O)(OCC)Oc1ccc(C=O)cc1C. The van der Waals surface area contributed by atoms with Gasteiger partial charge in [0.05, 0.1) is 13.2 Å². The van der Waals surface area contributed by atoms with Crippen LogP contribution in [0.15, 0.2) is 18.2 Å². The maximum absolute atomic E-state index is 12.2.